The Morgan fingerprint density at radius 2 is 2.13 bits per heavy atom. The maximum atomic E-state index is 5.70. The fourth-order valence-corrected chi connectivity index (χ4v) is 1.57. The Morgan fingerprint density at radius 3 is 2.80 bits per heavy atom. The molecule has 5 nitrogen and oxygen atoms in total. The van der Waals surface area contributed by atoms with E-state index in [0.29, 0.717) is 11.6 Å². The van der Waals surface area contributed by atoms with Crippen LogP contribution >= 0.6 is 0 Å². The molecule has 0 atom stereocenters. The van der Waals surface area contributed by atoms with Gasteiger partial charge >= 0.3 is 0 Å². The van der Waals surface area contributed by atoms with Gasteiger partial charge in [-0.15, -0.1) is 0 Å². The number of hydrogen-bond acceptors (Lipinski definition) is 5. The highest BCUT2D eigenvalue weighted by molar-refractivity contribution is 5.54. The Bertz CT molecular complexity index is 337. The Kier molecular flexibility index (Phi) is 2.91. The zero-order valence-electron chi connectivity index (χ0n) is 8.77. The number of rotatable bonds is 2. The van der Waals surface area contributed by atoms with Crippen LogP contribution in [-0.4, -0.2) is 38.4 Å². The zero-order valence-corrected chi connectivity index (χ0v) is 8.77. The van der Waals surface area contributed by atoms with Crippen LogP contribution in [0.15, 0.2) is 12.1 Å². The highest BCUT2D eigenvalue weighted by Crippen LogP contribution is 2.22. The minimum atomic E-state index is 0.485. The van der Waals surface area contributed by atoms with Crippen molar-refractivity contribution in [2.75, 3.05) is 44.0 Å². The summed E-state index contributed by atoms with van der Waals surface area (Å²) in [5.74, 6) is 1.38. The Morgan fingerprint density at radius 1 is 1.40 bits per heavy atom. The summed E-state index contributed by atoms with van der Waals surface area (Å²) in [4.78, 5) is 6.50. The van der Waals surface area contributed by atoms with E-state index in [1.54, 1.807) is 7.11 Å². The summed E-state index contributed by atoms with van der Waals surface area (Å²) in [6.45, 7) is 3.21. The van der Waals surface area contributed by atoms with Crippen LogP contribution in [0.2, 0.25) is 0 Å². The van der Waals surface area contributed by atoms with E-state index in [1.807, 2.05) is 12.1 Å². The van der Waals surface area contributed by atoms with Gasteiger partial charge in [0.25, 0.3) is 0 Å². The smallest absolute Gasteiger partial charge is 0.238 e. The molecule has 1 aliphatic rings. The molecule has 0 saturated carbocycles. The molecule has 0 amide bonds. The molecular formula is C10H15N3O2. The molecule has 1 aromatic heterocycles. The lowest BCUT2D eigenvalue weighted by atomic mass is 10.3. The molecule has 15 heavy (non-hydrogen) atoms. The molecule has 1 saturated heterocycles. The van der Waals surface area contributed by atoms with Gasteiger partial charge in [0.1, 0.15) is 5.82 Å². The molecular weight excluding hydrogens is 194 g/mol. The van der Waals surface area contributed by atoms with Crippen LogP contribution in [0.1, 0.15) is 0 Å². The number of nitrogens with two attached hydrogens (primary N) is 1. The molecule has 0 spiro atoms. The van der Waals surface area contributed by atoms with E-state index >= 15 is 0 Å². The van der Waals surface area contributed by atoms with Gasteiger partial charge in [0, 0.05) is 13.1 Å². The van der Waals surface area contributed by atoms with Crippen molar-refractivity contribution >= 4 is 11.5 Å². The van der Waals surface area contributed by atoms with E-state index < -0.39 is 0 Å². The molecule has 2 rings (SSSR count). The summed E-state index contributed by atoms with van der Waals surface area (Å²) >= 11 is 0. The summed E-state index contributed by atoms with van der Waals surface area (Å²) in [5.41, 5.74) is 6.26. The molecule has 2 heterocycles. The lowest BCUT2D eigenvalue weighted by molar-refractivity contribution is 0.122. The summed E-state index contributed by atoms with van der Waals surface area (Å²) in [6.07, 6.45) is 0. The Hall–Kier alpha value is -1.49. The SMILES string of the molecule is COc1nc(N2CCOCC2)ccc1N. The number of nitrogen functional groups attached to an aromatic ring is 1. The van der Waals surface area contributed by atoms with Crippen molar-refractivity contribution in [3.8, 4) is 5.88 Å². The van der Waals surface area contributed by atoms with Crippen LogP contribution in [0.3, 0.4) is 0 Å². The van der Waals surface area contributed by atoms with Crippen LogP contribution < -0.4 is 15.4 Å². The zero-order chi connectivity index (χ0) is 10.7. The average molecular weight is 209 g/mol. The normalized spacial score (nSPS) is 16.5. The van der Waals surface area contributed by atoms with Crippen molar-refractivity contribution < 1.29 is 9.47 Å². The Labute approximate surface area is 88.8 Å². The molecule has 1 aliphatic heterocycles. The summed E-state index contributed by atoms with van der Waals surface area (Å²) < 4.78 is 10.4. The van der Waals surface area contributed by atoms with E-state index in [-0.39, 0.29) is 0 Å². The average Bonchev–Trinajstić information content (AvgIpc) is 2.31. The standard InChI is InChI=1S/C10H15N3O2/c1-14-10-8(11)2-3-9(12-10)13-4-6-15-7-5-13/h2-3H,4-7,11H2,1H3. The van der Waals surface area contributed by atoms with Crippen molar-refractivity contribution in [1.29, 1.82) is 0 Å². The van der Waals surface area contributed by atoms with Crippen LogP contribution in [0.4, 0.5) is 11.5 Å². The first-order chi connectivity index (χ1) is 7.31. The number of morpholine rings is 1. The van der Waals surface area contributed by atoms with E-state index in [9.17, 15) is 0 Å². The summed E-state index contributed by atoms with van der Waals surface area (Å²) in [7, 11) is 1.57. The van der Waals surface area contributed by atoms with E-state index in [1.165, 1.54) is 0 Å². The summed E-state index contributed by atoms with van der Waals surface area (Å²) in [6, 6.07) is 3.72. The van der Waals surface area contributed by atoms with Gasteiger partial charge in [0.2, 0.25) is 5.88 Å². The van der Waals surface area contributed by atoms with E-state index in [0.717, 1.165) is 32.1 Å². The fraction of sp³-hybridized carbons (Fsp3) is 0.500. The first-order valence-corrected chi connectivity index (χ1v) is 4.94. The van der Waals surface area contributed by atoms with Gasteiger partial charge in [-0.3, -0.25) is 0 Å². The summed E-state index contributed by atoms with van der Waals surface area (Å²) in [5, 5.41) is 0. The largest absolute Gasteiger partial charge is 0.479 e. The molecule has 1 fully saturated rings. The lowest BCUT2D eigenvalue weighted by Crippen LogP contribution is -2.36. The first kappa shape index (κ1) is 10.0. The van der Waals surface area contributed by atoms with Gasteiger partial charge in [-0.2, -0.15) is 4.98 Å². The molecule has 0 aliphatic carbocycles. The van der Waals surface area contributed by atoms with Crippen molar-refractivity contribution in [2.45, 2.75) is 0 Å². The quantitative estimate of drug-likeness (QED) is 0.769. The Balaban J connectivity index is 2.20. The van der Waals surface area contributed by atoms with Gasteiger partial charge < -0.3 is 20.1 Å². The topological polar surface area (TPSA) is 60.6 Å². The van der Waals surface area contributed by atoms with Crippen LogP contribution in [-0.2, 0) is 4.74 Å². The van der Waals surface area contributed by atoms with Crippen molar-refractivity contribution in [1.82, 2.24) is 4.98 Å². The van der Waals surface area contributed by atoms with E-state index in [4.69, 9.17) is 15.2 Å². The minimum absolute atomic E-state index is 0.485. The number of pyridine rings is 1. The third-order valence-electron chi connectivity index (χ3n) is 2.40. The van der Waals surface area contributed by atoms with Crippen molar-refractivity contribution in [3.63, 3.8) is 0 Å². The maximum absolute atomic E-state index is 5.70. The van der Waals surface area contributed by atoms with Gasteiger partial charge in [-0.1, -0.05) is 0 Å². The van der Waals surface area contributed by atoms with Crippen LogP contribution in [0.25, 0.3) is 0 Å². The molecule has 0 aromatic carbocycles. The lowest BCUT2D eigenvalue weighted by Gasteiger charge is -2.28. The van der Waals surface area contributed by atoms with Gasteiger partial charge in [-0.05, 0) is 12.1 Å². The van der Waals surface area contributed by atoms with E-state index in [2.05, 4.69) is 9.88 Å². The van der Waals surface area contributed by atoms with Crippen molar-refractivity contribution in [3.05, 3.63) is 12.1 Å². The predicted octanol–water partition coefficient (Wildman–Crippen LogP) is 0.509. The molecule has 0 unspecified atom stereocenters. The predicted molar refractivity (Wildman–Crippen MR) is 58.2 cm³/mol. The van der Waals surface area contributed by atoms with Gasteiger partial charge in [-0.25, -0.2) is 0 Å². The highest BCUT2D eigenvalue weighted by atomic mass is 16.5. The number of aromatic nitrogens is 1. The van der Waals surface area contributed by atoms with Crippen LogP contribution in [0.5, 0.6) is 5.88 Å². The van der Waals surface area contributed by atoms with Gasteiger partial charge in [0.05, 0.1) is 26.0 Å². The number of methoxy groups -OCH3 is 1. The third-order valence-corrected chi connectivity index (χ3v) is 2.40. The van der Waals surface area contributed by atoms with Crippen molar-refractivity contribution in [2.24, 2.45) is 0 Å². The first-order valence-electron chi connectivity index (χ1n) is 4.94. The molecule has 1 aromatic rings. The molecule has 82 valence electrons. The maximum Gasteiger partial charge on any atom is 0.238 e. The molecule has 0 bridgehead atoms. The van der Waals surface area contributed by atoms with Crippen LogP contribution in [0, 0.1) is 0 Å². The second-order valence-electron chi connectivity index (χ2n) is 3.37. The molecule has 0 radical (unpaired) electrons. The number of ether oxygens (including phenoxy) is 2. The second-order valence-corrected chi connectivity index (χ2v) is 3.37. The second kappa shape index (κ2) is 4.35. The fourth-order valence-electron chi connectivity index (χ4n) is 1.57. The molecule has 2 N–H and O–H groups in total. The monoisotopic (exact) mass is 209 g/mol. The number of hydrogen-bond donors (Lipinski definition) is 1. The minimum Gasteiger partial charge on any atom is -0.479 e. The highest BCUT2D eigenvalue weighted by Gasteiger charge is 2.13. The number of anilines is 2. The molecule has 5 heteroatoms. The number of nitrogens with zero attached hydrogens (tertiary/aromatic N) is 2. The third kappa shape index (κ3) is 2.12. The van der Waals surface area contributed by atoms with Gasteiger partial charge in [0.15, 0.2) is 0 Å².